The Morgan fingerprint density at radius 3 is 1.35 bits per heavy atom. The van der Waals surface area contributed by atoms with E-state index in [0.29, 0.717) is 16.8 Å². The maximum Gasteiger partial charge on any atom is 0.220 e. The second kappa shape index (κ2) is 16.1. The Kier molecular flexibility index (Phi) is 9.05. The average Bonchev–Trinajstić information content (AvgIpc) is 4.42. The van der Waals surface area contributed by atoms with E-state index in [1.165, 1.54) is 52.2 Å². The van der Waals surface area contributed by atoms with Gasteiger partial charge in [0, 0.05) is 79.1 Å². The molecule has 0 amide bonds. The van der Waals surface area contributed by atoms with E-state index in [4.69, 9.17) is 4.85 Å². The zero-order valence-electron chi connectivity index (χ0n) is 39.8. The summed E-state index contributed by atoms with van der Waals surface area (Å²) >= 11 is 5.42. The summed E-state index contributed by atoms with van der Waals surface area (Å²) in [7, 11) is 0. The largest absolute Gasteiger partial charge is 0.316 e. The predicted octanol–water partition coefficient (Wildman–Crippen LogP) is 20.4. The second-order valence-electron chi connectivity index (χ2n) is 19.2. The molecular formula is C68H36N4S3. The van der Waals surface area contributed by atoms with Gasteiger partial charge in [-0.15, -0.1) is 34.0 Å². The zero-order valence-corrected chi connectivity index (χ0v) is 42.2. The molecule has 0 saturated carbocycles. The third-order valence-corrected chi connectivity index (χ3v) is 18.9. The number of para-hydroxylation sites is 1. The molecule has 0 N–H and O–H groups in total. The molecule has 0 radical (unpaired) electrons. The molecule has 75 heavy (non-hydrogen) atoms. The van der Waals surface area contributed by atoms with Crippen molar-refractivity contribution in [1.29, 1.82) is 5.26 Å². The van der Waals surface area contributed by atoms with Gasteiger partial charge in [-0.2, -0.15) is 5.26 Å². The molecule has 5 heterocycles. The van der Waals surface area contributed by atoms with Crippen LogP contribution in [0.15, 0.2) is 218 Å². The molecule has 0 saturated heterocycles. The van der Waals surface area contributed by atoms with Gasteiger partial charge in [-0.3, -0.25) is 0 Å². The molecule has 4 nitrogen and oxygen atoms in total. The Hall–Kier alpha value is -9.34. The quantitative estimate of drug-likeness (QED) is 0.158. The van der Waals surface area contributed by atoms with Crippen LogP contribution in [0.3, 0.4) is 0 Å². The Morgan fingerprint density at radius 1 is 0.360 bits per heavy atom. The molecule has 0 aliphatic heterocycles. The third-order valence-electron chi connectivity index (χ3n) is 15.4. The smallest absolute Gasteiger partial charge is 0.220 e. The number of fused-ring (bicyclic) bond motifs is 18. The first-order valence-corrected chi connectivity index (χ1v) is 27.4. The van der Waals surface area contributed by atoms with Crippen molar-refractivity contribution in [2.75, 3.05) is 0 Å². The van der Waals surface area contributed by atoms with E-state index in [9.17, 15) is 11.8 Å². The lowest BCUT2D eigenvalue weighted by Crippen LogP contribution is -2.09. The van der Waals surface area contributed by atoms with E-state index in [-0.39, 0.29) is 0 Å². The molecule has 346 valence electrons. The van der Waals surface area contributed by atoms with Crippen molar-refractivity contribution in [3.05, 3.63) is 235 Å². The SMILES string of the molecule is [C-]#[N+]c1c(-c2ccccc2)c(C#N)c(-n2c3ccccc3c3ccc4c5ccc(-c6ccccc6)cc5sc4c32)c(-c2ccccc2)c1-n1c2c(ccc3c4ccccc4sc32)c2ccc3c4ccccc4sc3c21. The fourth-order valence-corrected chi connectivity index (χ4v) is 16.0. The lowest BCUT2D eigenvalue weighted by Gasteiger charge is -2.26. The van der Waals surface area contributed by atoms with Crippen molar-refractivity contribution in [3.8, 4) is 50.8 Å². The Bertz CT molecular complexity index is 5070. The highest BCUT2D eigenvalue weighted by Gasteiger charge is 2.33. The van der Waals surface area contributed by atoms with Gasteiger partial charge in [0.1, 0.15) is 6.07 Å². The highest BCUT2D eigenvalue weighted by Crippen LogP contribution is 2.56. The molecule has 0 spiro atoms. The van der Waals surface area contributed by atoms with Crippen molar-refractivity contribution >= 4 is 144 Å². The Balaban J connectivity index is 1.18. The summed E-state index contributed by atoms with van der Waals surface area (Å²) in [5.41, 5.74) is 12.0. The van der Waals surface area contributed by atoms with Crippen molar-refractivity contribution in [1.82, 2.24) is 9.13 Å². The number of rotatable bonds is 5. The third kappa shape index (κ3) is 5.89. The standard InChI is InChI=1S/C68H36N4S3/c1-70-60-58(40-19-7-3-8-20-40)53(38-69)61(71-54-26-14-11-23-43(54)47-31-34-52-46-30-29-42(39-17-5-2-6-18-39)37-57(46)75-66(52)62(47)71)59(41-21-9-4-10-22-41)65(60)72-63-48(32-35-50-44-24-12-15-27-55(44)73-67(50)63)49-33-36-51-45-25-13-16-28-56(45)74-68(51)64(49)72/h2-37H. The summed E-state index contributed by atoms with van der Waals surface area (Å²) in [5, 5.41) is 23.7. The first kappa shape index (κ1) is 42.2. The average molecular weight is 1010 g/mol. The molecule has 11 aromatic carbocycles. The van der Waals surface area contributed by atoms with Gasteiger partial charge in [-0.25, -0.2) is 4.85 Å². The van der Waals surface area contributed by atoms with Crippen LogP contribution < -0.4 is 0 Å². The molecular weight excluding hydrogens is 969 g/mol. The van der Waals surface area contributed by atoms with Crippen LogP contribution in [0.4, 0.5) is 5.69 Å². The molecule has 0 unspecified atom stereocenters. The van der Waals surface area contributed by atoms with Gasteiger partial charge in [-0.1, -0.05) is 194 Å². The van der Waals surface area contributed by atoms with Crippen LogP contribution in [-0.2, 0) is 0 Å². The number of nitriles is 1. The van der Waals surface area contributed by atoms with Crippen molar-refractivity contribution in [3.63, 3.8) is 0 Å². The van der Waals surface area contributed by atoms with Gasteiger partial charge in [0.25, 0.3) is 0 Å². The lowest BCUT2D eigenvalue weighted by molar-refractivity contribution is 1.14. The predicted molar refractivity (Wildman–Crippen MR) is 321 cm³/mol. The number of nitrogens with zero attached hydrogens (tertiary/aromatic N) is 4. The molecule has 0 bridgehead atoms. The number of hydrogen-bond donors (Lipinski definition) is 0. The van der Waals surface area contributed by atoms with Crippen molar-refractivity contribution in [2.24, 2.45) is 0 Å². The van der Waals surface area contributed by atoms with Crippen LogP contribution >= 0.6 is 34.0 Å². The maximum absolute atomic E-state index is 12.2. The summed E-state index contributed by atoms with van der Waals surface area (Å²) in [6, 6.07) is 80.7. The molecule has 0 atom stereocenters. The van der Waals surface area contributed by atoms with Gasteiger partial charge < -0.3 is 9.13 Å². The lowest BCUT2D eigenvalue weighted by atomic mass is 9.88. The number of hydrogen-bond acceptors (Lipinski definition) is 4. The van der Waals surface area contributed by atoms with Crippen molar-refractivity contribution < 1.29 is 0 Å². The van der Waals surface area contributed by atoms with Crippen LogP contribution in [0.1, 0.15) is 5.56 Å². The number of thiophene rings is 3. The Morgan fingerprint density at radius 2 is 0.787 bits per heavy atom. The first-order valence-electron chi connectivity index (χ1n) is 24.9. The summed E-state index contributed by atoms with van der Waals surface area (Å²) in [6.45, 7) is 9.58. The minimum absolute atomic E-state index is 0.427. The first-order chi connectivity index (χ1) is 37.2. The molecule has 16 rings (SSSR count). The fraction of sp³-hybridized carbons (Fsp3) is 0. The van der Waals surface area contributed by atoms with Gasteiger partial charge in [0.15, 0.2) is 0 Å². The van der Waals surface area contributed by atoms with Crippen molar-refractivity contribution in [2.45, 2.75) is 0 Å². The van der Waals surface area contributed by atoms with Crippen LogP contribution in [0, 0.1) is 17.9 Å². The van der Waals surface area contributed by atoms with Crippen LogP contribution in [-0.4, -0.2) is 9.13 Å². The maximum atomic E-state index is 12.2. The van der Waals surface area contributed by atoms with Gasteiger partial charge >= 0.3 is 0 Å². The molecule has 0 aliphatic rings. The van der Waals surface area contributed by atoms with Gasteiger partial charge in [0.2, 0.25) is 5.69 Å². The molecule has 0 fully saturated rings. The van der Waals surface area contributed by atoms with Gasteiger partial charge in [0.05, 0.1) is 59.7 Å². The normalized spacial score (nSPS) is 12.0. The van der Waals surface area contributed by atoms with Crippen LogP contribution in [0.2, 0.25) is 0 Å². The molecule has 5 aromatic heterocycles. The number of aromatic nitrogens is 2. The van der Waals surface area contributed by atoms with Crippen LogP contribution in [0.5, 0.6) is 0 Å². The molecule has 16 aromatic rings. The van der Waals surface area contributed by atoms with E-state index in [1.54, 1.807) is 34.0 Å². The minimum atomic E-state index is 0.427. The summed E-state index contributed by atoms with van der Waals surface area (Å²) in [4.78, 5) is 4.69. The minimum Gasteiger partial charge on any atom is -0.316 e. The summed E-state index contributed by atoms with van der Waals surface area (Å²) in [5.74, 6) is 0. The summed E-state index contributed by atoms with van der Waals surface area (Å²) in [6.07, 6.45) is 0. The monoisotopic (exact) mass is 1000 g/mol. The number of benzene rings is 11. The van der Waals surface area contributed by atoms with E-state index in [0.717, 1.165) is 91.2 Å². The molecule has 0 aliphatic carbocycles. The van der Waals surface area contributed by atoms with E-state index >= 15 is 0 Å². The summed E-state index contributed by atoms with van der Waals surface area (Å²) < 4.78 is 11.9. The highest BCUT2D eigenvalue weighted by atomic mass is 32.1. The van der Waals surface area contributed by atoms with E-state index < -0.39 is 0 Å². The zero-order chi connectivity index (χ0) is 49.5. The van der Waals surface area contributed by atoms with E-state index in [2.05, 4.69) is 215 Å². The molecule has 7 heteroatoms. The van der Waals surface area contributed by atoms with Crippen LogP contribution in [0.25, 0.3) is 154 Å². The van der Waals surface area contributed by atoms with Gasteiger partial charge in [-0.05, 0) is 46.5 Å². The van der Waals surface area contributed by atoms with E-state index in [1.807, 2.05) is 18.2 Å². The Labute approximate surface area is 441 Å². The topological polar surface area (TPSA) is 38.0 Å². The highest BCUT2D eigenvalue weighted by molar-refractivity contribution is 7.27. The second-order valence-corrected chi connectivity index (χ2v) is 22.4. The fourth-order valence-electron chi connectivity index (χ4n) is 12.2.